The summed E-state index contributed by atoms with van der Waals surface area (Å²) in [6.07, 6.45) is -0.294. The van der Waals surface area contributed by atoms with Gasteiger partial charge in [-0.1, -0.05) is 0 Å². The summed E-state index contributed by atoms with van der Waals surface area (Å²) in [7, 11) is 1.54. The van der Waals surface area contributed by atoms with E-state index in [1.54, 1.807) is 14.0 Å². The van der Waals surface area contributed by atoms with Gasteiger partial charge in [0.1, 0.15) is 17.6 Å². The van der Waals surface area contributed by atoms with E-state index in [4.69, 9.17) is 15.2 Å². The molecule has 0 amide bonds. The molecule has 0 aliphatic rings. The summed E-state index contributed by atoms with van der Waals surface area (Å²) >= 11 is 0. The topological polar surface area (TPSA) is 90.2 Å². The molecule has 0 aliphatic heterocycles. The number of methoxy groups -OCH3 is 1. The van der Waals surface area contributed by atoms with Crippen LogP contribution in [0.25, 0.3) is 0 Å². The number of hydrogen-bond donors (Lipinski definition) is 2. The van der Waals surface area contributed by atoms with Gasteiger partial charge < -0.3 is 15.2 Å². The van der Waals surface area contributed by atoms with Crippen molar-refractivity contribution in [1.29, 1.82) is 0 Å². The van der Waals surface area contributed by atoms with E-state index in [0.29, 0.717) is 6.61 Å². The molecule has 1 rings (SSSR count). The van der Waals surface area contributed by atoms with Crippen LogP contribution in [0.5, 0.6) is 0 Å². The molecule has 1 atom stereocenters. The Morgan fingerprint density at radius 1 is 1.79 bits per heavy atom. The van der Waals surface area contributed by atoms with Gasteiger partial charge in [-0.2, -0.15) is 5.10 Å². The number of rotatable bonds is 4. The fraction of sp³-hybridized carbons (Fsp3) is 0.500. The Morgan fingerprint density at radius 2 is 2.50 bits per heavy atom. The van der Waals surface area contributed by atoms with Crippen molar-refractivity contribution in [3.05, 3.63) is 11.8 Å². The summed E-state index contributed by atoms with van der Waals surface area (Å²) in [5, 5.41) is 6.07. The van der Waals surface area contributed by atoms with E-state index in [1.165, 1.54) is 6.07 Å². The maximum atomic E-state index is 11.3. The van der Waals surface area contributed by atoms with E-state index < -0.39 is 5.97 Å². The van der Waals surface area contributed by atoms with Crippen LogP contribution < -0.4 is 5.73 Å². The smallest absolute Gasteiger partial charge is 0.356 e. The lowest BCUT2D eigenvalue weighted by atomic mass is 10.4. The molecule has 14 heavy (non-hydrogen) atoms. The van der Waals surface area contributed by atoms with E-state index in [1.807, 2.05) is 0 Å². The summed E-state index contributed by atoms with van der Waals surface area (Å²) < 4.78 is 9.82. The molecule has 0 spiro atoms. The highest BCUT2D eigenvalue weighted by atomic mass is 16.6. The highest BCUT2D eigenvalue weighted by Crippen LogP contribution is 2.04. The molecule has 0 bridgehead atoms. The average Bonchev–Trinajstić information content (AvgIpc) is 2.52. The quantitative estimate of drug-likeness (QED) is 0.675. The minimum Gasteiger partial charge on any atom is -0.456 e. The number of aromatic nitrogens is 2. The van der Waals surface area contributed by atoms with Crippen molar-refractivity contribution in [3.63, 3.8) is 0 Å². The Kier molecular flexibility index (Phi) is 3.47. The summed E-state index contributed by atoms with van der Waals surface area (Å²) in [4.78, 5) is 11.3. The summed E-state index contributed by atoms with van der Waals surface area (Å²) in [5.74, 6) is -0.227. The molecule has 1 aromatic heterocycles. The molecule has 0 aromatic carbocycles. The number of hydrogen-bond acceptors (Lipinski definition) is 5. The lowest BCUT2D eigenvalue weighted by Gasteiger charge is -2.10. The Balaban J connectivity index is 2.50. The lowest BCUT2D eigenvalue weighted by Crippen LogP contribution is -2.19. The van der Waals surface area contributed by atoms with Gasteiger partial charge in [0.05, 0.1) is 6.61 Å². The monoisotopic (exact) mass is 199 g/mol. The average molecular weight is 199 g/mol. The number of nitrogen functional groups attached to an aromatic ring is 1. The Bertz CT molecular complexity index is 311. The Morgan fingerprint density at radius 3 is 3.00 bits per heavy atom. The van der Waals surface area contributed by atoms with Crippen molar-refractivity contribution in [1.82, 2.24) is 10.2 Å². The summed E-state index contributed by atoms with van der Waals surface area (Å²) in [5.41, 5.74) is 5.57. The predicted octanol–water partition coefficient (Wildman–Crippen LogP) is 0.184. The van der Waals surface area contributed by atoms with Gasteiger partial charge in [-0.05, 0) is 6.92 Å². The van der Waals surface area contributed by atoms with Crippen LogP contribution in [0.15, 0.2) is 6.07 Å². The van der Waals surface area contributed by atoms with Crippen LogP contribution in [-0.4, -0.2) is 36.0 Å². The third kappa shape index (κ3) is 2.74. The molecule has 0 fully saturated rings. The molecular formula is C8H13N3O3. The molecule has 0 radical (unpaired) electrons. The van der Waals surface area contributed by atoms with Gasteiger partial charge in [0.25, 0.3) is 0 Å². The van der Waals surface area contributed by atoms with E-state index in [-0.39, 0.29) is 17.6 Å². The van der Waals surface area contributed by atoms with Gasteiger partial charge >= 0.3 is 5.97 Å². The third-order valence-corrected chi connectivity index (χ3v) is 1.53. The van der Waals surface area contributed by atoms with Crippen LogP contribution in [0.4, 0.5) is 5.82 Å². The number of nitrogens with two attached hydrogens (primary N) is 1. The number of H-pyrrole nitrogens is 1. The number of ether oxygens (including phenoxy) is 2. The molecule has 0 saturated carbocycles. The maximum Gasteiger partial charge on any atom is 0.356 e. The van der Waals surface area contributed by atoms with Crippen LogP contribution in [-0.2, 0) is 9.47 Å². The number of carbonyl (C=O) groups is 1. The normalized spacial score (nSPS) is 12.4. The first kappa shape index (κ1) is 10.5. The largest absolute Gasteiger partial charge is 0.456 e. The summed E-state index contributed by atoms with van der Waals surface area (Å²) in [6, 6.07) is 1.42. The first-order valence-corrected chi connectivity index (χ1v) is 4.14. The second-order valence-corrected chi connectivity index (χ2v) is 2.88. The Hall–Kier alpha value is -1.56. The van der Waals surface area contributed by atoms with Crippen molar-refractivity contribution < 1.29 is 14.3 Å². The zero-order chi connectivity index (χ0) is 10.6. The molecule has 3 N–H and O–H groups in total. The molecule has 0 saturated heterocycles. The third-order valence-electron chi connectivity index (χ3n) is 1.53. The van der Waals surface area contributed by atoms with E-state index in [0.717, 1.165) is 0 Å². The second kappa shape index (κ2) is 4.61. The highest BCUT2D eigenvalue weighted by Gasteiger charge is 2.13. The molecule has 1 unspecified atom stereocenters. The fourth-order valence-electron chi connectivity index (χ4n) is 0.957. The minimum absolute atomic E-state index is 0.241. The zero-order valence-electron chi connectivity index (χ0n) is 8.11. The fourth-order valence-corrected chi connectivity index (χ4v) is 0.957. The predicted molar refractivity (Wildman–Crippen MR) is 49.8 cm³/mol. The van der Waals surface area contributed by atoms with Crippen LogP contribution >= 0.6 is 0 Å². The van der Waals surface area contributed by atoms with Crippen molar-refractivity contribution in [2.24, 2.45) is 0 Å². The number of nitrogens with zero attached hydrogens (tertiary/aromatic N) is 1. The SMILES string of the molecule is COCC(C)OC(=O)c1cc(N)n[nH]1. The Labute approximate surface area is 81.4 Å². The number of carbonyl (C=O) groups excluding carboxylic acids is 1. The summed E-state index contributed by atoms with van der Waals surface area (Å²) in [6.45, 7) is 2.09. The van der Waals surface area contributed by atoms with Crippen molar-refractivity contribution in [2.45, 2.75) is 13.0 Å². The first-order valence-electron chi connectivity index (χ1n) is 4.14. The zero-order valence-corrected chi connectivity index (χ0v) is 8.11. The molecule has 0 aliphatic carbocycles. The molecule has 1 heterocycles. The standard InChI is InChI=1S/C8H13N3O3/c1-5(4-13-2)14-8(12)6-3-7(9)11-10-6/h3,5H,4H2,1-2H3,(H3,9,10,11). The van der Waals surface area contributed by atoms with Gasteiger partial charge in [0.15, 0.2) is 0 Å². The van der Waals surface area contributed by atoms with E-state index >= 15 is 0 Å². The van der Waals surface area contributed by atoms with Gasteiger partial charge in [0, 0.05) is 13.2 Å². The minimum atomic E-state index is -0.487. The van der Waals surface area contributed by atoms with Crippen LogP contribution in [0.1, 0.15) is 17.4 Å². The van der Waals surface area contributed by atoms with Crippen LogP contribution in [0.2, 0.25) is 0 Å². The molecule has 6 heteroatoms. The molecule has 6 nitrogen and oxygen atoms in total. The highest BCUT2D eigenvalue weighted by molar-refractivity contribution is 5.88. The van der Waals surface area contributed by atoms with Crippen molar-refractivity contribution in [3.8, 4) is 0 Å². The number of aromatic amines is 1. The van der Waals surface area contributed by atoms with Crippen LogP contribution in [0, 0.1) is 0 Å². The van der Waals surface area contributed by atoms with Gasteiger partial charge in [-0.15, -0.1) is 0 Å². The molecule has 78 valence electrons. The maximum absolute atomic E-state index is 11.3. The second-order valence-electron chi connectivity index (χ2n) is 2.88. The van der Waals surface area contributed by atoms with Crippen molar-refractivity contribution in [2.75, 3.05) is 19.5 Å². The lowest BCUT2D eigenvalue weighted by molar-refractivity contribution is 0.0114. The van der Waals surface area contributed by atoms with E-state index in [9.17, 15) is 4.79 Å². The van der Waals surface area contributed by atoms with Crippen LogP contribution in [0.3, 0.4) is 0 Å². The van der Waals surface area contributed by atoms with Gasteiger partial charge in [-0.3, -0.25) is 5.10 Å². The first-order chi connectivity index (χ1) is 6.63. The van der Waals surface area contributed by atoms with Gasteiger partial charge in [0.2, 0.25) is 0 Å². The van der Waals surface area contributed by atoms with E-state index in [2.05, 4.69) is 10.2 Å². The van der Waals surface area contributed by atoms with Crippen molar-refractivity contribution >= 4 is 11.8 Å². The number of esters is 1. The molecule has 1 aromatic rings. The van der Waals surface area contributed by atoms with Gasteiger partial charge in [-0.25, -0.2) is 4.79 Å². The molecular weight excluding hydrogens is 186 g/mol. The number of nitrogens with one attached hydrogen (secondary N) is 1. The number of anilines is 1.